The third kappa shape index (κ3) is 4.50. The minimum atomic E-state index is 0.0347. The van der Waals surface area contributed by atoms with E-state index in [1.54, 1.807) is 0 Å². The van der Waals surface area contributed by atoms with Crippen LogP contribution >= 0.6 is 0 Å². The van der Waals surface area contributed by atoms with Gasteiger partial charge in [-0.3, -0.25) is 0 Å². The van der Waals surface area contributed by atoms with E-state index < -0.39 is 0 Å². The topological polar surface area (TPSA) is 39.9 Å². The average Bonchev–Trinajstić information content (AvgIpc) is 3.10. The first-order valence-corrected chi connectivity index (χ1v) is 10.4. The predicted molar refractivity (Wildman–Crippen MR) is 117 cm³/mol. The van der Waals surface area contributed by atoms with E-state index in [9.17, 15) is 0 Å². The molecule has 1 aliphatic rings. The molecule has 0 fully saturated rings. The number of aryl methyl sites for hydroxylation is 1. The fraction of sp³-hybridized carbons (Fsp3) is 0.417. The highest BCUT2D eigenvalue weighted by Gasteiger charge is 2.27. The lowest BCUT2D eigenvalue weighted by Crippen LogP contribution is -2.12. The molecule has 150 valence electrons. The zero-order valence-electron chi connectivity index (χ0n) is 18.1. The Labute approximate surface area is 169 Å². The molecule has 2 aromatic carbocycles. The molecule has 1 heterocycles. The number of fused-ring (bicyclic) bond motifs is 5. The van der Waals surface area contributed by atoms with Crippen LogP contribution in [0.1, 0.15) is 58.3 Å². The van der Waals surface area contributed by atoms with Crippen molar-refractivity contribution in [1.82, 2.24) is 15.0 Å². The summed E-state index contributed by atoms with van der Waals surface area (Å²) in [6, 6.07) is 16.8. The van der Waals surface area contributed by atoms with E-state index in [0.29, 0.717) is 6.61 Å². The summed E-state index contributed by atoms with van der Waals surface area (Å²) in [7, 11) is 1.95. The van der Waals surface area contributed by atoms with E-state index in [-0.39, 0.29) is 6.10 Å². The van der Waals surface area contributed by atoms with Gasteiger partial charge in [-0.25, -0.2) is 4.68 Å². The molecule has 0 amide bonds. The number of ether oxygens (including phenoxy) is 1. The summed E-state index contributed by atoms with van der Waals surface area (Å²) in [5, 5.41) is 8.73. The number of benzene rings is 2. The monoisotopic (exact) mass is 379 g/mol. The second-order valence-electron chi connectivity index (χ2n) is 6.51. The summed E-state index contributed by atoms with van der Waals surface area (Å²) in [5.74, 6) is 0. The van der Waals surface area contributed by atoms with Gasteiger partial charge in [0.15, 0.2) is 0 Å². The third-order valence-electron chi connectivity index (χ3n) is 4.44. The molecule has 1 aliphatic carbocycles. The fourth-order valence-electron chi connectivity index (χ4n) is 3.42. The molecule has 3 aromatic rings. The van der Waals surface area contributed by atoms with Crippen LogP contribution < -0.4 is 0 Å². The lowest BCUT2D eigenvalue weighted by molar-refractivity contribution is 0.0632. The van der Waals surface area contributed by atoms with Crippen LogP contribution in [-0.2, 0) is 18.2 Å². The molecule has 1 unspecified atom stereocenters. The van der Waals surface area contributed by atoms with Crippen molar-refractivity contribution in [2.45, 2.75) is 53.6 Å². The van der Waals surface area contributed by atoms with E-state index in [0.717, 1.165) is 23.4 Å². The van der Waals surface area contributed by atoms with E-state index in [1.165, 1.54) is 23.1 Å². The van der Waals surface area contributed by atoms with Crippen molar-refractivity contribution in [3.8, 4) is 22.5 Å². The van der Waals surface area contributed by atoms with Crippen LogP contribution in [-0.4, -0.2) is 21.6 Å². The van der Waals surface area contributed by atoms with Gasteiger partial charge >= 0.3 is 0 Å². The van der Waals surface area contributed by atoms with Gasteiger partial charge in [-0.05, 0) is 18.1 Å². The van der Waals surface area contributed by atoms with Crippen molar-refractivity contribution in [2.75, 3.05) is 6.61 Å². The number of rotatable bonds is 2. The Morgan fingerprint density at radius 3 is 2.25 bits per heavy atom. The molecule has 1 atom stereocenters. The first-order chi connectivity index (χ1) is 13.7. The SMILES string of the molecule is CC.CCC.CCOC1Cc2ccccc2-c2c(nnn2C)-c2ccccc21. The van der Waals surface area contributed by atoms with Crippen molar-refractivity contribution < 1.29 is 4.74 Å². The normalized spacial score (nSPS) is 14.0. The molecule has 0 saturated heterocycles. The van der Waals surface area contributed by atoms with Crippen molar-refractivity contribution in [3.63, 3.8) is 0 Å². The van der Waals surface area contributed by atoms with Gasteiger partial charge in [0, 0.05) is 31.2 Å². The number of hydrogen-bond donors (Lipinski definition) is 0. The Kier molecular flexibility index (Phi) is 8.40. The highest BCUT2D eigenvalue weighted by molar-refractivity contribution is 5.82. The summed E-state index contributed by atoms with van der Waals surface area (Å²) < 4.78 is 7.94. The first-order valence-electron chi connectivity index (χ1n) is 10.4. The summed E-state index contributed by atoms with van der Waals surface area (Å²) in [5.41, 5.74) is 6.76. The van der Waals surface area contributed by atoms with Crippen LogP contribution in [0.5, 0.6) is 0 Å². The van der Waals surface area contributed by atoms with Gasteiger partial charge in [0.2, 0.25) is 0 Å². The average molecular weight is 380 g/mol. The Bertz CT molecular complexity index is 870. The van der Waals surface area contributed by atoms with E-state index >= 15 is 0 Å². The Balaban J connectivity index is 0.000000514. The Morgan fingerprint density at radius 1 is 0.964 bits per heavy atom. The number of nitrogens with zero attached hydrogens (tertiary/aromatic N) is 3. The smallest absolute Gasteiger partial charge is 0.121 e. The summed E-state index contributed by atoms with van der Waals surface area (Å²) in [4.78, 5) is 0. The molecule has 4 heteroatoms. The maximum Gasteiger partial charge on any atom is 0.121 e. The molecule has 28 heavy (non-hydrogen) atoms. The summed E-state index contributed by atoms with van der Waals surface area (Å²) in [6.07, 6.45) is 2.14. The lowest BCUT2D eigenvalue weighted by atomic mass is 9.87. The Morgan fingerprint density at radius 2 is 1.57 bits per heavy atom. The second kappa shape index (κ2) is 10.8. The highest BCUT2D eigenvalue weighted by atomic mass is 16.5. The maximum atomic E-state index is 6.07. The second-order valence-corrected chi connectivity index (χ2v) is 6.51. The number of aromatic nitrogens is 3. The summed E-state index contributed by atoms with van der Waals surface area (Å²) >= 11 is 0. The fourth-order valence-corrected chi connectivity index (χ4v) is 3.42. The van der Waals surface area contributed by atoms with Crippen molar-refractivity contribution in [2.24, 2.45) is 7.05 Å². The zero-order valence-corrected chi connectivity index (χ0v) is 18.1. The van der Waals surface area contributed by atoms with Crippen LogP contribution in [0.2, 0.25) is 0 Å². The molecule has 0 N–H and O–H groups in total. The van der Waals surface area contributed by atoms with E-state index in [1.807, 2.05) is 38.6 Å². The molecule has 0 spiro atoms. The third-order valence-corrected chi connectivity index (χ3v) is 4.44. The van der Waals surface area contributed by atoms with Gasteiger partial charge in [0.25, 0.3) is 0 Å². The number of hydrogen-bond acceptors (Lipinski definition) is 3. The van der Waals surface area contributed by atoms with Crippen LogP contribution in [0, 0.1) is 0 Å². The molecule has 1 aromatic heterocycles. The zero-order chi connectivity index (χ0) is 20.5. The van der Waals surface area contributed by atoms with Crippen LogP contribution in [0.3, 0.4) is 0 Å². The molecule has 4 rings (SSSR count). The Hall–Kier alpha value is -2.46. The van der Waals surface area contributed by atoms with Crippen molar-refractivity contribution in [1.29, 1.82) is 0 Å². The molecule has 4 nitrogen and oxygen atoms in total. The van der Waals surface area contributed by atoms with Gasteiger partial charge in [-0.2, -0.15) is 0 Å². The standard InChI is InChI=1S/C19H19N3O.C3H8.C2H6/c1-3-23-17-12-13-8-4-5-9-14(13)19-18(20-21-22(19)2)16-11-7-6-10-15(16)17;1-3-2;1-2/h4-11,17H,3,12H2,1-2H3;3H2,1-2H3;1-2H3. The van der Waals surface area contributed by atoms with E-state index in [2.05, 4.69) is 66.6 Å². The van der Waals surface area contributed by atoms with Crippen LogP contribution in [0.15, 0.2) is 48.5 Å². The van der Waals surface area contributed by atoms with Gasteiger partial charge in [-0.15, -0.1) is 5.10 Å². The van der Waals surface area contributed by atoms with Gasteiger partial charge in [0.05, 0.1) is 11.8 Å². The quantitative estimate of drug-likeness (QED) is 0.530. The molecule has 0 bridgehead atoms. The minimum Gasteiger partial charge on any atom is -0.373 e. The molecule has 0 radical (unpaired) electrons. The van der Waals surface area contributed by atoms with Crippen molar-refractivity contribution >= 4 is 0 Å². The lowest BCUT2D eigenvalue weighted by Gasteiger charge is -2.24. The predicted octanol–water partition coefficient (Wildman–Crippen LogP) is 6.23. The van der Waals surface area contributed by atoms with Crippen molar-refractivity contribution in [3.05, 3.63) is 59.7 Å². The van der Waals surface area contributed by atoms with Gasteiger partial charge in [0.1, 0.15) is 5.69 Å². The van der Waals surface area contributed by atoms with Crippen LogP contribution in [0.25, 0.3) is 22.5 Å². The molecular formula is C24H33N3O. The van der Waals surface area contributed by atoms with Crippen LogP contribution in [0.4, 0.5) is 0 Å². The largest absolute Gasteiger partial charge is 0.373 e. The summed E-state index contributed by atoms with van der Waals surface area (Å²) in [6.45, 7) is 11.0. The maximum absolute atomic E-state index is 6.07. The van der Waals surface area contributed by atoms with Gasteiger partial charge in [-0.1, -0.05) is 87.9 Å². The van der Waals surface area contributed by atoms with Gasteiger partial charge < -0.3 is 4.74 Å². The molecule has 0 aliphatic heterocycles. The molecule has 0 saturated carbocycles. The highest BCUT2D eigenvalue weighted by Crippen LogP contribution is 2.41. The molecular weight excluding hydrogens is 346 g/mol. The van der Waals surface area contributed by atoms with E-state index in [4.69, 9.17) is 4.74 Å². The minimum absolute atomic E-state index is 0.0347. The first kappa shape index (κ1) is 21.8.